The van der Waals surface area contributed by atoms with Crippen LogP contribution in [-0.2, 0) is 11.3 Å². The molecule has 0 spiro atoms. The summed E-state index contributed by atoms with van der Waals surface area (Å²) in [7, 11) is 0. The van der Waals surface area contributed by atoms with Gasteiger partial charge in [0.15, 0.2) is 0 Å². The van der Waals surface area contributed by atoms with E-state index < -0.39 is 5.82 Å². The van der Waals surface area contributed by atoms with Crippen LogP contribution < -0.4 is 0 Å². The number of hydrogen-bond donors (Lipinski definition) is 1. The Morgan fingerprint density at radius 2 is 1.56 bits per heavy atom. The molecule has 0 bridgehead atoms. The number of aliphatic hydroxyl groups is 1. The summed E-state index contributed by atoms with van der Waals surface area (Å²) in [5.74, 6) is -0.432. The highest BCUT2D eigenvalue weighted by Crippen LogP contribution is 2.15. The third-order valence-corrected chi connectivity index (χ3v) is 4.91. The summed E-state index contributed by atoms with van der Waals surface area (Å²) in [6.45, 7) is 2.44. The Balaban J connectivity index is 2.08. The number of unbranched alkanes of at least 4 members (excludes halogenated alkanes) is 10. The number of halogens is 1. The van der Waals surface area contributed by atoms with E-state index in [1.165, 1.54) is 69.9 Å². The predicted octanol–water partition coefficient (Wildman–Crippen LogP) is 6.28. The lowest BCUT2D eigenvalue weighted by Gasteiger charge is -2.15. The van der Waals surface area contributed by atoms with Crippen LogP contribution in [0.25, 0.3) is 0 Å². The van der Waals surface area contributed by atoms with Crippen molar-refractivity contribution in [3.05, 3.63) is 35.1 Å². The van der Waals surface area contributed by atoms with Gasteiger partial charge >= 0.3 is 0 Å². The van der Waals surface area contributed by atoms with Crippen LogP contribution >= 0.6 is 0 Å². The van der Waals surface area contributed by atoms with Gasteiger partial charge in [-0.05, 0) is 30.2 Å². The van der Waals surface area contributed by atoms with Gasteiger partial charge in [-0.2, -0.15) is 5.26 Å². The molecule has 1 unspecified atom stereocenters. The molecular formula is C23H36FNO2. The molecule has 1 aromatic carbocycles. The molecule has 152 valence electrons. The Bertz CT molecular complexity index is 542. The van der Waals surface area contributed by atoms with Crippen LogP contribution in [-0.4, -0.2) is 17.8 Å². The Morgan fingerprint density at radius 1 is 0.963 bits per heavy atom. The van der Waals surface area contributed by atoms with Crippen LogP contribution in [0.15, 0.2) is 18.2 Å². The second-order valence-corrected chi connectivity index (χ2v) is 7.40. The first-order valence-corrected chi connectivity index (χ1v) is 10.6. The highest BCUT2D eigenvalue weighted by Gasteiger charge is 2.09. The molecule has 4 heteroatoms. The molecule has 0 amide bonds. The van der Waals surface area contributed by atoms with Gasteiger partial charge in [0.1, 0.15) is 5.82 Å². The second kappa shape index (κ2) is 15.6. The maximum Gasteiger partial charge on any atom is 0.124 e. The van der Waals surface area contributed by atoms with Gasteiger partial charge in [0.25, 0.3) is 0 Å². The van der Waals surface area contributed by atoms with Crippen molar-refractivity contribution >= 4 is 0 Å². The zero-order chi connectivity index (χ0) is 19.7. The summed E-state index contributed by atoms with van der Waals surface area (Å²) in [6.07, 6.45) is 14.8. The fourth-order valence-corrected chi connectivity index (χ4v) is 3.28. The van der Waals surface area contributed by atoms with Crippen LogP contribution in [0.5, 0.6) is 0 Å². The highest BCUT2D eigenvalue weighted by atomic mass is 19.1. The number of aliphatic hydroxyl groups excluding tert-OH is 1. The van der Waals surface area contributed by atoms with Gasteiger partial charge in [0.2, 0.25) is 0 Å². The maximum atomic E-state index is 13.4. The first-order chi connectivity index (χ1) is 13.2. The topological polar surface area (TPSA) is 53.2 Å². The van der Waals surface area contributed by atoms with Gasteiger partial charge in [0.05, 0.1) is 31.0 Å². The largest absolute Gasteiger partial charge is 0.394 e. The lowest BCUT2D eigenvalue weighted by Crippen LogP contribution is -2.17. The van der Waals surface area contributed by atoms with Crippen LogP contribution in [0.2, 0.25) is 0 Å². The van der Waals surface area contributed by atoms with Gasteiger partial charge in [-0.1, -0.05) is 77.6 Å². The van der Waals surface area contributed by atoms with Crippen molar-refractivity contribution < 1.29 is 14.2 Å². The molecular weight excluding hydrogens is 341 g/mol. The fourth-order valence-electron chi connectivity index (χ4n) is 3.28. The second-order valence-electron chi connectivity index (χ2n) is 7.40. The molecule has 0 radical (unpaired) electrons. The van der Waals surface area contributed by atoms with Gasteiger partial charge in [-0.25, -0.2) is 4.39 Å². The highest BCUT2D eigenvalue weighted by molar-refractivity contribution is 5.33. The number of nitrogens with zero attached hydrogens (tertiary/aromatic N) is 1. The van der Waals surface area contributed by atoms with E-state index in [9.17, 15) is 9.50 Å². The van der Waals surface area contributed by atoms with Crippen LogP contribution in [0, 0.1) is 17.1 Å². The summed E-state index contributed by atoms with van der Waals surface area (Å²) < 4.78 is 19.1. The van der Waals surface area contributed by atoms with Gasteiger partial charge in [0, 0.05) is 0 Å². The van der Waals surface area contributed by atoms with E-state index in [0.717, 1.165) is 19.3 Å². The average Bonchev–Trinajstić information content (AvgIpc) is 2.67. The molecule has 0 heterocycles. The smallest absolute Gasteiger partial charge is 0.124 e. The fraction of sp³-hybridized carbons (Fsp3) is 0.696. The van der Waals surface area contributed by atoms with Crippen molar-refractivity contribution in [3.8, 4) is 6.07 Å². The first-order valence-electron chi connectivity index (χ1n) is 10.6. The standard InChI is InChI=1S/C23H36FNO2/c1-2-3-4-5-6-7-8-9-10-11-12-13-23(18-26)27-19-21-14-20(17-25)15-22(24)16-21/h14-16,23,26H,2-13,18-19H2,1H3. The molecule has 0 aromatic heterocycles. The van der Waals surface area contributed by atoms with Crippen molar-refractivity contribution in [3.63, 3.8) is 0 Å². The van der Waals surface area contributed by atoms with Crippen LogP contribution in [0.3, 0.4) is 0 Å². The van der Waals surface area contributed by atoms with Crippen LogP contribution in [0.4, 0.5) is 4.39 Å². The minimum absolute atomic E-state index is 0.0296. The summed E-state index contributed by atoms with van der Waals surface area (Å²) >= 11 is 0. The number of ether oxygens (including phenoxy) is 1. The van der Waals surface area contributed by atoms with Crippen molar-refractivity contribution in [1.82, 2.24) is 0 Å². The quantitative estimate of drug-likeness (QED) is 0.345. The SMILES string of the molecule is CCCCCCCCCCCCCC(CO)OCc1cc(F)cc(C#N)c1. The Kier molecular flexibility index (Phi) is 13.6. The third-order valence-electron chi connectivity index (χ3n) is 4.91. The minimum atomic E-state index is -0.432. The maximum absolute atomic E-state index is 13.4. The molecule has 1 N–H and O–H groups in total. The van der Waals surface area contributed by atoms with Crippen molar-refractivity contribution in [2.24, 2.45) is 0 Å². The van der Waals surface area contributed by atoms with Gasteiger partial charge in [-0.3, -0.25) is 0 Å². The molecule has 1 rings (SSSR count). The van der Waals surface area contributed by atoms with Crippen LogP contribution in [0.1, 0.15) is 95.1 Å². The summed E-state index contributed by atoms with van der Waals surface area (Å²) in [4.78, 5) is 0. The van der Waals surface area contributed by atoms with E-state index in [1.54, 1.807) is 6.07 Å². The number of hydrogen-bond acceptors (Lipinski definition) is 3. The molecule has 0 aliphatic rings. The normalized spacial score (nSPS) is 12.1. The first kappa shape index (κ1) is 23.6. The molecule has 27 heavy (non-hydrogen) atoms. The van der Waals surface area contributed by atoms with E-state index >= 15 is 0 Å². The third kappa shape index (κ3) is 11.8. The van der Waals surface area contributed by atoms with Gasteiger partial charge in [-0.15, -0.1) is 0 Å². The number of rotatable bonds is 16. The molecule has 1 atom stereocenters. The molecule has 3 nitrogen and oxygen atoms in total. The summed E-state index contributed by atoms with van der Waals surface area (Å²) in [5, 5.41) is 18.4. The Labute approximate surface area is 164 Å². The van der Waals surface area contributed by atoms with E-state index in [4.69, 9.17) is 10.00 Å². The molecule has 0 aliphatic carbocycles. The van der Waals surface area contributed by atoms with E-state index in [-0.39, 0.29) is 19.3 Å². The van der Waals surface area contributed by atoms with Crippen molar-refractivity contribution in [2.75, 3.05) is 6.61 Å². The molecule has 0 saturated heterocycles. The molecule has 0 saturated carbocycles. The zero-order valence-corrected chi connectivity index (χ0v) is 16.9. The molecule has 0 aliphatic heterocycles. The Morgan fingerprint density at radius 3 is 2.11 bits per heavy atom. The number of benzene rings is 1. The predicted molar refractivity (Wildman–Crippen MR) is 108 cm³/mol. The molecule has 0 fully saturated rings. The summed E-state index contributed by atoms with van der Waals surface area (Å²) in [5.41, 5.74) is 0.920. The lowest BCUT2D eigenvalue weighted by atomic mass is 10.0. The van der Waals surface area contributed by atoms with Gasteiger partial charge < -0.3 is 9.84 Å². The summed E-state index contributed by atoms with van der Waals surface area (Å²) in [6, 6.07) is 6.14. The molecule has 1 aromatic rings. The minimum Gasteiger partial charge on any atom is -0.394 e. The Hall–Kier alpha value is -1.44. The zero-order valence-electron chi connectivity index (χ0n) is 16.9. The number of nitriles is 1. The van der Waals surface area contributed by atoms with E-state index in [1.807, 2.05) is 6.07 Å². The average molecular weight is 378 g/mol. The van der Waals surface area contributed by atoms with Crippen molar-refractivity contribution in [2.45, 2.75) is 96.7 Å². The van der Waals surface area contributed by atoms with E-state index in [0.29, 0.717) is 11.1 Å². The lowest BCUT2D eigenvalue weighted by molar-refractivity contribution is -0.00357. The van der Waals surface area contributed by atoms with Crippen molar-refractivity contribution in [1.29, 1.82) is 5.26 Å². The monoisotopic (exact) mass is 377 g/mol. The van der Waals surface area contributed by atoms with E-state index in [2.05, 4.69) is 6.92 Å².